The van der Waals surface area contributed by atoms with Gasteiger partial charge in [0.25, 0.3) is 5.89 Å². The highest BCUT2D eigenvalue weighted by atomic mass is 35.5. The van der Waals surface area contributed by atoms with Crippen LogP contribution in [0.5, 0.6) is 5.75 Å². The van der Waals surface area contributed by atoms with Crippen LogP contribution < -0.4 is 10.1 Å². The maximum atomic E-state index is 5.83. The van der Waals surface area contributed by atoms with Crippen molar-refractivity contribution in [2.24, 2.45) is 0 Å². The summed E-state index contributed by atoms with van der Waals surface area (Å²) in [6.07, 6.45) is 0.726. The molecule has 7 heteroatoms. The molecule has 0 aliphatic rings. The normalized spacial score (nSPS) is 12.0. The van der Waals surface area contributed by atoms with E-state index in [-0.39, 0.29) is 12.4 Å². The molecule has 0 fully saturated rings. The molecule has 2 rings (SSSR count). The molecule has 2 aromatic rings. The maximum Gasteiger partial charge on any atom is 0.261 e. The average molecular weight is 341 g/mol. The number of ether oxygens (including phenoxy) is 1. The summed E-state index contributed by atoms with van der Waals surface area (Å²) < 4.78 is 11.2. The van der Waals surface area contributed by atoms with Gasteiger partial charge in [-0.3, -0.25) is 0 Å². The number of nitrogens with zero attached hydrogens (tertiary/aromatic N) is 3. The summed E-state index contributed by atoms with van der Waals surface area (Å²) in [5.74, 6) is 1.96. The molecule has 23 heavy (non-hydrogen) atoms. The first-order chi connectivity index (χ1) is 10.6. The SMILES string of the molecule is CNC(C)Cc1noc(-c2ccccc2OCCN(C)C)n1.Cl. The van der Waals surface area contributed by atoms with Crippen LogP contribution in [0.25, 0.3) is 11.5 Å². The molecule has 1 N–H and O–H groups in total. The summed E-state index contributed by atoms with van der Waals surface area (Å²) in [5, 5.41) is 7.20. The summed E-state index contributed by atoms with van der Waals surface area (Å²) in [6.45, 7) is 3.54. The Morgan fingerprint density at radius 2 is 2.04 bits per heavy atom. The standard InChI is InChI=1S/C16H24N4O2.ClH/c1-12(17-2)11-15-18-16(22-19-15)13-7-5-6-8-14(13)21-10-9-20(3)4;/h5-8,12,17H,9-11H2,1-4H3;1H. The first-order valence-electron chi connectivity index (χ1n) is 7.47. The zero-order valence-corrected chi connectivity index (χ0v) is 14.9. The van der Waals surface area contributed by atoms with Crippen molar-refractivity contribution in [3.05, 3.63) is 30.1 Å². The lowest BCUT2D eigenvalue weighted by Gasteiger charge is -2.12. The topological polar surface area (TPSA) is 63.4 Å². The number of nitrogens with one attached hydrogen (secondary N) is 1. The van der Waals surface area contributed by atoms with Crippen molar-refractivity contribution >= 4 is 12.4 Å². The molecule has 0 saturated carbocycles. The summed E-state index contributed by atoms with van der Waals surface area (Å²) >= 11 is 0. The Morgan fingerprint density at radius 1 is 1.30 bits per heavy atom. The van der Waals surface area contributed by atoms with Gasteiger partial charge in [0.05, 0.1) is 5.56 Å². The largest absolute Gasteiger partial charge is 0.491 e. The fourth-order valence-electron chi connectivity index (χ4n) is 1.93. The molecule has 1 heterocycles. The minimum Gasteiger partial charge on any atom is -0.491 e. The van der Waals surface area contributed by atoms with Gasteiger partial charge >= 0.3 is 0 Å². The highest BCUT2D eigenvalue weighted by Gasteiger charge is 2.15. The molecule has 0 aliphatic carbocycles. The second-order valence-corrected chi connectivity index (χ2v) is 5.56. The summed E-state index contributed by atoms with van der Waals surface area (Å²) in [5.41, 5.74) is 0.831. The van der Waals surface area contributed by atoms with Crippen LogP contribution in [-0.4, -0.2) is 55.4 Å². The molecule has 0 radical (unpaired) electrons. The highest BCUT2D eigenvalue weighted by molar-refractivity contribution is 5.85. The van der Waals surface area contributed by atoms with Crippen molar-refractivity contribution < 1.29 is 9.26 Å². The molecule has 0 amide bonds. The first kappa shape index (κ1) is 19.4. The van der Waals surface area contributed by atoms with E-state index in [1.54, 1.807) is 0 Å². The number of para-hydroxylation sites is 1. The number of aromatic nitrogens is 2. The Balaban J connectivity index is 0.00000264. The monoisotopic (exact) mass is 340 g/mol. The Morgan fingerprint density at radius 3 is 2.74 bits per heavy atom. The first-order valence-corrected chi connectivity index (χ1v) is 7.47. The average Bonchev–Trinajstić information content (AvgIpc) is 2.95. The summed E-state index contributed by atoms with van der Waals surface area (Å²) in [7, 11) is 5.95. The molecular formula is C16H25ClN4O2. The van der Waals surface area contributed by atoms with E-state index in [0.29, 0.717) is 24.4 Å². The van der Waals surface area contributed by atoms with Crippen molar-refractivity contribution in [2.75, 3.05) is 34.3 Å². The third-order valence-electron chi connectivity index (χ3n) is 3.36. The van der Waals surface area contributed by atoms with Crippen LogP contribution >= 0.6 is 12.4 Å². The second-order valence-electron chi connectivity index (χ2n) is 5.56. The van der Waals surface area contributed by atoms with Crippen molar-refractivity contribution in [1.82, 2.24) is 20.4 Å². The van der Waals surface area contributed by atoms with E-state index in [0.717, 1.165) is 24.3 Å². The fraction of sp³-hybridized carbons (Fsp3) is 0.500. The fourth-order valence-corrected chi connectivity index (χ4v) is 1.93. The van der Waals surface area contributed by atoms with E-state index in [1.165, 1.54) is 0 Å². The Kier molecular flexibility index (Phi) is 8.02. The number of hydrogen-bond acceptors (Lipinski definition) is 6. The van der Waals surface area contributed by atoms with Crippen molar-refractivity contribution in [3.8, 4) is 17.2 Å². The predicted octanol–water partition coefficient (Wildman–Crippen LogP) is 2.25. The van der Waals surface area contributed by atoms with Gasteiger partial charge in [-0.15, -0.1) is 12.4 Å². The van der Waals surface area contributed by atoms with Crippen molar-refractivity contribution in [3.63, 3.8) is 0 Å². The molecule has 0 aliphatic heterocycles. The Labute approximate surface area is 143 Å². The van der Waals surface area contributed by atoms with Crippen LogP contribution in [0.2, 0.25) is 0 Å². The van der Waals surface area contributed by atoms with Gasteiger partial charge in [-0.1, -0.05) is 17.3 Å². The van der Waals surface area contributed by atoms with Crippen molar-refractivity contribution in [2.45, 2.75) is 19.4 Å². The van der Waals surface area contributed by atoms with Gasteiger partial charge in [-0.2, -0.15) is 4.98 Å². The van der Waals surface area contributed by atoms with Gasteiger partial charge in [0.2, 0.25) is 0 Å². The molecule has 0 bridgehead atoms. The minimum absolute atomic E-state index is 0. The number of rotatable bonds is 8. The van der Waals surface area contributed by atoms with Gasteiger partial charge in [0.1, 0.15) is 12.4 Å². The van der Waals surface area contributed by atoms with E-state index >= 15 is 0 Å². The molecule has 1 aromatic carbocycles. The van der Waals surface area contributed by atoms with E-state index in [1.807, 2.05) is 45.4 Å². The lowest BCUT2D eigenvalue weighted by atomic mass is 10.2. The molecule has 6 nitrogen and oxygen atoms in total. The molecule has 0 spiro atoms. The van der Waals surface area contributed by atoms with Crippen LogP contribution in [-0.2, 0) is 6.42 Å². The van der Waals surface area contributed by atoms with E-state index in [9.17, 15) is 0 Å². The van der Waals surface area contributed by atoms with Crippen LogP contribution in [0, 0.1) is 0 Å². The van der Waals surface area contributed by atoms with E-state index < -0.39 is 0 Å². The van der Waals surface area contributed by atoms with Gasteiger partial charge in [0, 0.05) is 19.0 Å². The van der Waals surface area contributed by atoms with Gasteiger partial charge in [0.15, 0.2) is 5.82 Å². The zero-order chi connectivity index (χ0) is 15.9. The predicted molar refractivity (Wildman–Crippen MR) is 93.3 cm³/mol. The zero-order valence-electron chi connectivity index (χ0n) is 14.1. The summed E-state index contributed by atoms with van der Waals surface area (Å²) in [6, 6.07) is 8.04. The second kappa shape index (κ2) is 9.50. The smallest absolute Gasteiger partial charge is 0.261 e. The molecular weight excluding hydrogens is 316 g/mol. The minimum atomic E-state index is 0. The van der Waals surface area contributed by atoms with Crippen LogP contribution in [0.3, 0.4) is 0 Å². The molecule has 128 valence electrons. The third kappa shape index (κ3) is 5.82. The van der Waals surface area contributed by atoms with Crippen molar-refractivity contribution in [1.29, 1.82) is 0 Å². The number of hydrogen-bond donors (Lipinski definition) is 1. The van der Waals surface area contributed by atoms with Gasteiger partial charge in [-0.25, -0.2) is 0 Å². The van der Waals surface area contributed by atoms with E-state index in [4.69, 9.17) is 9.26 Å². The lowest BCUT2D eigenvalue weighted by molar-refractivity contribution is 0.261. The maximum absolute atomic E-state index is 5.83. The highest BCUT2D eigenvalue weighted by Crippen LogP contribution is 2.28. The van der Waals surface area contributed by atoms with Crippen LogP contribution in [0.1, 0.15) is 12.7 Å². The van der Waals surface area contributed by atoms with E-state index in [2.05, 4.69) is 27.3 Å². The molecule has 0 saturated heterocycles. The molecule has 1 atom stereocenters. The lowest BCUT2D eigenvalue weighted by Crippen LogP contribution is -2.24. The number of halogens is 1. The molecule has 1 aromatic heterocycles. The third-order valence-corrected chi connectivity index (χ3v) is 3.36. The summed E-state index contributed by atoms with van der Waals surface area (Å²) in [4.78, 5) is 6.54. The van der Waals surface area contributed by atoms with Crippen LogP contribution in [0.15, 0.2) is 28.8 Å². The Bertz CT molecular complexity index is 589. The Hall–Kier alpha value is -1.63. The van der Waals surface area contributed by atoms with Crippen LogP contribution in [0.4, 0.5) is 0 Å². The van der Waals surface area contributed by atoms with Gasteiger partial charge in [-0.05, 0) is 40.2 Å². The molecule has 1 unspecified atom stereocenters. The number of likely N-dealkylation sites (N-methyl/N-ethyl adjacent to an activating group) is 2. The number of benzene rings is 1. The quantitative estimate of drug-likeness (QED) is 0.795. The van der Waals surface area contributed by atoms with Gasteiger partial charge < -0.3 is 19.5 Å².